The minimum atomic E-state index is -0.782. The first-order valence-corrected chi connectivity index (χ1v) is 6.58. The average molecular weight is 309 g/mol. The maximum absolute atomic E-state index is 13.4. The van der Waals surface area contributed by atoms with E-state index in [0.29, 0.717) is 4.88 Å². The van der Waals surface area contributed by atoms with Crippen LogP contribution in [0.15, 0.2) is 35.7 Å². The van der Waals surface area contributed by atoms with Gasteiger partial charge in [0.1, 0.15) is 11.9 Å². The lowest BCUT2D eigenvalue weighted by Crippen LogP contribution is -1.92. The lowest BCUT2D eigenvalue weighted by Gasteiger charge is -2.03. The first kappa shape index (κ1) is 14.2. The highest BCUT2D eigenvalue weighted by Crippen LogP contribution is 2.33. The Balaban J connectivity index is 2.60. The number of nitro groups is 1. The lowest BCUT2D eigenvalue weighted by molar-refractivity contribution is -0.385. The van der Waals surface area contributed by atoms with Crippen LogP contribution in [0.2, 0.25) is 0 Å². The number of thiophene rings is 1. The number of benzene rings is 1. The molecular formula is C13H6ClFN2O2S. The van der Waals surface area contributed by atoms with E-state index in [2.05, 4.69) is 0 Å². The third kappa shape index (κ3) is 2.85. The summed E-state index contributed by atoms with van der Waals surface area (Å²) in [5, 5.41) is 21.6. The van der Waals surface area contributed by atoms with Crippen LogP contribution in [0.4, 0.5) is 10.1 Å². The van der Waals surface area contributed by atoms with Gasteiger partial charge in [-0.25, -0.2) is 4.39 Å². The fourth-order valence-corrected chi connectivity index (χ4v) is 2.62. The van der Waals surface area contributed by atoms with E-state index in [1.807, 2.05) is 6.07 Å². The molecule has 0 N–H and O–H groups in total. The Hall–Kier alpha value is -2.23. The molecule has 100 valence electrons. The maximum Gasteiger partial charge on any atom is 0.273 e. The predicted octanol–water partition coefficient (Wildman–Crippen LogP) is 4.43. The van der Waals surface area contributed by atoms with Crippen molar-refractivity contribution in [3.8, 4) is 6.07 Å². The summed E-state index contributed by atoms with van der Waals surface area (Å²) in [4.78, 5) is 10.6. The zero-order chi connectivity index (χ0) is 14.7. The Bertz CT molecular complexity index is 735. The molecule has 0 bridgehead atoms. The van der Waals surface area contributed by atoms with Crippen molar-refractivity contribution < 1.29 is 9.31 Å². The van der Waals surface area contributed by atoms with Gasteiger partial charge in [0.2, 0.25) is 0 Å². The van der Waals surface area contributed by atoms with E-state index in [4.69, 9.17) is 16.9 Å². The van der Waals surface area contributed by atoms with E-state index in [1.54, 1.807) is 17.5 Å². The van der Waals surface area contributed by atoms with Crippen LogP contribution in [0.1, 0.15) is 10.4 Å². The molecule has 0 atom stereocenters. The van der Waals surface area contributed by atoms with Crippen molar-refractivity contribution in [1.29, 1.82) is 5.26 Å². The van der Waals surface area contributed by atoms with Gasteiger partial charge in [0.25, 0.3) is 5.69 Å². The van der Waals surface area contributed by atoms with Crippen LogP contribution >= 0.6 is 22.9 Å². The van der Waals surface area contributed by atoms with Crippen LogP contribution in [0, 0.1) is 27.3 Å². The Morgan fingerprint density at radius 1 is 1.45 bits per heavy atom. The summed E-state index contributed by atoms with van der Waals surface area (Å²) in [6.07, 6.45) is 0. The molecule has 20 heavy (non-hydrogen) atoms. The van der Waals surface area contributed by atoms with Gasteiger partial charge in [-0.15, -0.1) is 11.3 Å². The molecule has 0 aliphatic rings. The number of hydrogen-bond acceptors (Lipinski definition) is 4. The smallest absolute Gasteiger partial charge is 0.258 e. The summed E-state index contributed by atoms with van der Waals surface area (Å²) >= 11 is 7.39. The number of nitrogens with zero attached hydrogens (tertiary/aromatic N) is 2. The molecule has 0 unspecified atom stereocenters. The minimum absolute atomic E-state index is 0.0162. The van der Waals surface area contributed by atoms with E-state index in [1.165, 1.54) is 11.3 Å². The van der Waals surface area contributed by atoms with E-state index >= 15 is 0 Å². The van der Waals surface area contributed by atoms with Crippen LogP contribution in [-0.4, -0.2) is 4.92 Å². The second kappa shape index (κ2) is 5.82. The number of rotatable bonds is 3. The standard InChI is InChI=1S/C13H6ClFN2O2S/c14-13(11(7-16)12-2-1-3-20-12)8-4-9(15)6-10(5-8)17(18)19/h1-6H/b13-11+. The summed E-state index contributed by atoms with van der Waals surface area (Å²) < 4.78 is 13.4. The summed E-state index contributed by atoms with van der Waals surface area (Å²) in [5.41, 5.74) is -0.161. The lowest BCUT2D eigenvalue weighted by atomic mass is 10.1. The van der Waals surface area contributed by atoms with E-state index in [-0.39, 0.29) is 16.2 Å². The predicted molar refractivity (Wildman–Crippen MR) is 75.7 cm³/mol. The van der Waals surface area contributed by atoms with Gasteiger partial charge in [-0.2, -0.15) is 5.26 Å². The fraction of sp³-hybridized carbons (Fsp3) is 0. The van der Waals surface area contributed by atoms with Gasteiger partial charge in [0.15, 0.2) is 0 Å². The molecule has 2 aromatic rings. The van der Waals surface area contributed by atoms with Crippen LogP contribution in [0.5, 0.6) is 0 Å². The van der Waals surface area contributed by atoms with Crippen LogP contribution < -0.4 is 0 Å². The second-order valence-electron chi connectivity index (χ2n) is 3.73. The second-order valence-corrected chi connectivity index (χ2v) is 5.06. The molecule has 0 aliphatic carbocycles. The van der Waals surface area contributed by atoms with Crippen LogP contribution in [0.3, 0.4) is 0 Å². The van der Waals surface area contributed by atoms with Gasteiger partial charge in [-0.1, -0.05) is 17.7 Å². The number of nitriles is 1. The molecule has 1 heterocycles. The minimum Gasteiger partial charge on any atom is -0.258 e. The molecule has 0 fully saturated rings. The maximum atomic E-state index is 13.4. The van der Waals surface area contributed by atoms with Crippen molar-refractivity contribution in [1.82, 2.24) is 0 Å². The zero-order valence-electron chi connectivity index (χ0n) is 9.84. The van der Waals surface area contributed by atoms with Gasteiger partial charge in [0.05, 0.1) is 21.6 Å². The summed E-state index contributed by atoms with van der Waals surface area (Å²) in [5.74, 6) is -0.782. The SMILES string of the molecule is N#C/C(=C(\Cl)c1cc(F)cc([N+](=O)[O-])c1)c1cccs1. The highest BCUT2D eigenvalue weighted by Gasteiger charge is 2.15. The molecule has 1 aromatic carbocycles. The van der Waals surface area contributed by atoms with Gasteiger partial charge in [0, 0.05) is 16.5 Å². The number of nitro benzene ring substituents is 1. The Labute approximate surface area is 122 Å². The normalized spacial score (nSPS) is 11.7. The van der Waals surface area contributed by atoms with Crippen LogP contribution in [-0.2, 0) is 0 Å². The Kier molecular flexibility index (Phi) is 4.13. The number of hydrogen-bond donors (Lipinski definition) is 0. The third-order valence-corrected chi connectivity index (χ3v) is 3.74. The number of allylic oxidation sites excluding steroid dienone is 1. The molecule has 0 spiro atoms. The summed E-state index contributed by atoms with van der Waals surface area (Å²) in [6, 6.07) is 8.36. The zero-order valence-corrected chi connectivity index (χ0v) is 11.4. The number of halogens is 2. The highest BCUT2D eigenvalue weighted by molar-refractivity contribution is 7.11. The van der Waals surface area contributed by atoms with Crippen LogP contribution in [0.25, 0.3) is 10.6 Å². The van der Waals surface area contributed by atoms with Crippen molar-refractivity contribution in [2.75, 3.05) is 0 Å². The van der Waals surface area contributed by atoms with Crippen molar-refractivity contribution >= 4 is 39.2 Å². The molecule has 2 rings (SSSR count). The molecular weight excluding hydrogens is 303 g/mol. The number of non-ortho nitro benzene ring substituents is 1. The molecule has 4 nitrogen and oxygen atoms in total. The van der Waals surface area contributed by atoms with Gasteiger partial charge >= 0.3 is 0 Å². The Morgan fingerprint density at radius 3 is 2.75 bits per heavy atom. The summed E-state index contributed by atoms with van der Waals surface area (Å²) in [7, 11) is 0. The first-order chi connectivity index (χ1) is 9.52. The monoisotopic (exact) mass is 308 g/mol. The third-order valence-electron chi connectivity index (χ3n) is 2.45. The molecule has 0 saturated heterocycles. The molecule has 7 heteroatoms. The largest absolute Gasteiger partial charge is 0.273 e. The van der Waals surface area contributed by atoms with E-state index in [0.717, 1.165) is 18.2 Å². The average Bonchev–Trinajstić information content (AvgIpc) is 2.92. The first-order valence-electron chi connectivity index (χ1n) is 5.32. The van der Waals surface area contributed by atoms with Crippen molar-refractivity contribution in [2.24, 2.45) is 0 Å². The summed E-state index contributed by atoms with van der Waals surface area (Å²) in [6.45, 7) is 0. The molecule has 0 aliphatic heterocycles. The van der Waals surface area contributed by atoms with Gasteiger partial charge < -0.3 is 0 Å². The Morgan fingerprint density at radius 2 is 2.20 bits per heavy atom. The van der Waals surface area contributed by atoms with Crippen molar-refractivity contribution in [3.63, 3.8) is 0 Å². The quantitative estimate of drug-likeness (QED) is 0.478. The van der Waals surface area contributed by atoms with Crippen molar-refractivity contribution in [2.45, 2.75) is 0 Å². The molecule has 1 aromatic heterocycles. The van der Waals surface area contributed by atoms with E-state index < -0.39 is 16.4 Å². The molecule has 0 radical (unpaired) electrons. The highest BCUT2D eigenvalue weighted by atomic mass is 35.5. The van der Waals surface area contributed by atoms with Gasteiger partial charge in [-0.3, -0.25) is 10.1 Å². The fourth-order valence-electron chi connectivity index (χ4n) is 1.58. The molecule has 0 saturated carbocycles. The topological polar surface area (TPSA) is 66.9 Å². The van der Waals surface area contributed by atoms with E-state index in [9.17, 15) is 14.5 Å². The molecule has 0 amide bonds. The van der Waals surface area contributed by atoms with Crippen molar-refractivity contribution in [3.05, 3.63) is 62.1 Å². The van der Waals surface area contributed by atoms with Gasteiger partial charge in [-0.05, 0) is 17.5 Å².